The summed E-state index contributed by atoms with van der Waals surface area (Å²) in [6, 6.07) is 11.0. The van der Waals surface area contributed by atoms with Crippen LogP contribution in [-0.2, 0) is 0 Å². The SMILES string of the molecule is CCC1CCN(C(C)C(N)c2ccccc2)CC1. The van der Waals surface area contributed by atoms with Crippen molar-refractivity contribution in [2.45, 2.75) is 45.2 Å². The maximum Gasteiger partial charge on any atom is 0.0450 e. The molecule has 0 spiro atoms. The third kappa shape index (κ3) is 3.12. The molecular weight excluding hydrogens is 220 g/mol. The van der Waals surface area contributed by atoms with E-state index in [1.807, 2.05) is 6.07 Å². The highest BCUT2D eigenvalue weighted by atomic mass is 15.2. The molecule has 0 aromatic heterocycles. The predicted molar refractivity (Wildman–Crippen MR) is 77.4 cm³/mol. The van der Waals surface area contributed by atoms with Crippen molar-refractivity contribution in [1.82, 2.24) is 4.90 Å². The molecule has 1 aliphatic heterocycles. The van der Waals surface area contributed by atoms with E-state index in [0.29, 0.717) is 6.04 Å². The van der Waals surface area contributed by atoms with Gasteiger partial charge in [-0.2, -0.15) is 0 Å². The summed E-state index contributed by atoms with van der Waals surface area (Å²) in [6.07, 6.45) is 4.00. The van der Waals surface area contributed by atoms with Gasteiger partial charge in [-0.1, -0.05) is 43.7 Å². The van der Waals surface area contributed by atoms with Crippen molar-refractivity contribution in [1.29, 1.82) is 0 Å². The first kappa shape index (κ1) is 13.6. The number of nitrogens with two attached hydrogens (primary N) is 1. The van der Waals surface area contributed by atoms with Crippen LogP contribution in [0.5, 0.6) is 0 Å². The maximum absolute atomic E-state index is 6.39. The second-order valence-electron chi connectivity index (χ2n) is 5.56. The lowest BCUT2D eigenvalue weighted by Crippen LogP contribution is -2.45. The summed E-state index contributed by atoms with van der Waals surface area (Å²) in [7, 11) is 0. The molecule has 2 rings (SSSR count). The first-order chi connectivity index (χ1) is 8.72. The largest absolute Gasteiger partial charge is 0.323 e. The quantitative estimate of drug-likeness (QED) is 0.884. The molecule has 1 saturated heterocycles. The molecule has 0 amide bonds. The molecule has 2 N–H and O–H groups in total. The van der Waals surface area contributed by atoms with E-state index >= 15 is 0 Å². The standard InChI is InChI=1S/C16H26N2/c1-3-14-9-11-18(12-10-14)13(2)16(17)15-7-5-4-6-8-15/h4-8,13-14,16H,3,9-12,17H2,1-2H3. The molecule has 1 aliphatic rings. The second-order valence-corrected chi connectivity index (χ2v) is 5.56. The van der Waals surface area contributed by atoms with Crippen molar-refractivity contribution >= 4 is 0 Å². The Bertz CT molecular complexity index is 341. The van der Waals surface area contributed by atoms with Crippen LogP contribution in [0.15, 0.2) is 30.3 Å². The molecule has 0 bridgehead atoms. The minimum absolute atomic E-state index is 0.129. The van der Waals surface area contributed by atoms with Crippen molar-refractivity contribution in [2.24, 2.45) is 11.7 Å². The van der Waals surface area contributed by atoms with Crippen LogP contribution in [0.4, 0.5) is 0 Å². The molecule has 0 radical (unpaired) electrons. The van der Waals surface area contributed by atoms with Gasteiger partial charge in [0.2, 0.25) is 0 Å². The van der Waals surface area contributed by atoms with E-state index in [2.05, 4.69) is 43.0 Å². The molecule has 2 heteroatoms. The molecule has 1 heterocycles. The molecule has 2 nitrogen and oxygen atoms in total. The molecule has 2 unspecified atom stereocenters. The van der Waals surface area contributed by atoms with Gasteiger partial charge < -0.3 is 5.73 Å². The Hall–Kier alpha value is -0.860. The van der Waals surface area contributed by atoms with Gasteiger partial charge in [-0.25, -0.2) is 0 Å². The number of benzene rings is 1. The Morgan fingerprint density at radius 1 is 1.22 bits per heavy atom. The molecule has 2 atom stereocenters. The zero-order chi connectivity index (χ0) is 13.0. The van der Waals surface area contributed by atoms with Crippen LogP contribution in [0.1, 0.15) is 44.7 Å². The fourth-order valence-electron chi connectivity index (χ4n) is 2.95. The van der Waals surface area contributed by atoms with E-state index in [9.17, 15) is 0 Å². The fourth-order valence-corrected chi connectivity index (χ4v) is 2.95. The van der Waals surface area contributed by atoms with Crippen molar-refractivity contribution < 1.29 is 0 Å². The first-order valence-electron chi connectivity index (χ1n) is 7.27. The van der Waals surface area contributed by atoms with Gasteiger partial charge in [0, 0.05) is 12.1 Å². The van der Waals surface area contributed by atoms with Crippen LogP contribution < -0.4 is 5.73 Å². The van der Waals surface area contributed by atoms with Crippen LogP contribution in [0.2, 0.25) is 0 Å². The van der Waals surface area contributed by atoms with Gasteiger partial charge in [0.1, 0.15) is 0 Å². The van der Waals surface area contributed by atoms with E-state index in [1.54, 1.807) is 0 Å². The smallest absolute Gasteiger partial charge is 0.0450 e. The second kappa shape index (κ2) is 6.35. The van der Waals surface area contributed by atoms with Crippen LogP contribution in [-0.4, -0.2) is 24.0 Å². The van der Waals surface area contributed by atoms with Crippen LogP contribution >= 0.6 is 0 Å². The Morgan fingerprint density at radius 3 is 2.39 bits per heavy atom. The lowest BCUT2D eigenvalue weighted by Gasteiger charge is -2.38. The zero-order valence-corrected chi connectivity index (χ0v) is 11.7. The van der Waals surface area contributed by atoms with Gasteiger partial charge in [-0.05, 0) is 44.3 Å². The number of rotatable bonds is 4. The molecule has 0 aliphatic carbocycles. The molecule has 0 saturated carbocycles. The highest BCUT2D eigenvalue weighted by Gasteiger charge is 2.25. The summed E-state index contributed by atoms with van der Waals surface area (Å²) in [5.41, 5.74) is 7.65. The molecule has 1 fully saturated rings. The minimum Gasteiger partial charge on any atom is -0.323 e. The zero-order valence-electron chi connectivity index (χ0n) is 11.7. The lowest BCUT2D eigenvalue weighted by molar-refractivity contribution is 0.124. The summed E-state index contributed by atoms with van der Waals surface area (Å²) < 4.78 is 0. The minimum atomic E-state index is 0.129. The summed E-state index contributed by atoms with van der Waals surface area (Å²) in [5, 5.41) is 0. The summed E-state index contributed by atoms with van der Waals surface area (Å²) in [5.74, 6) is 0.932. The van der Waals surface area contributed by atoms with E-state index in [0.717, 1.165) is 5.92 Å². The summed E-state index contributed by atoms with van der Waals surface area (Å²) in [4.78, 5) is 2.56. The van der Waals surface area contributed by atoms with Gasteiger partial charge in [0.05, 0.1) is 0 Å². The Balaban J connectivity index is 1.93. The van der Waals surface area contributed by atoms with Crippen LogP contribution in [0.3, 0.4) is 0 Å². The number of piperidine rings is 1. The molecule has 100 valence electrons. The van der Waals surface area contributed by atoms with Crippen LogP contribution in [0, 0.1) is 5.92 Å². The van der Waals surface area contributed by atoms with Gasteiger partial charge in [-0.15, -0.1) is 0 Å². The van der Waals surface area contributed by atoms with Gasteiger partial charge in [0.25, 0.3) is 0 Å². The number of hydrogen-bond acceptors (Lipinski definition) is 2. The van der Waals surface area contributed by atoms with Gasteiger partial charge >= 0.3 is 0 Å². The normalized spacial score (nSPS) is 21.7. The predicted octanol–water partition coefficient (Wildman–Crippen LogP) is 3.20. The maximum atomic E-state index is 6.39. The number of hydrogen-bond donors (Lipinski definition) is 1. The molecule has 1 aromatic rings. The Morgan fingerprint density at radius 2 is 1.83 bits per heavy atom. The summed E-state index contributed by atoms with van der Waals surface area (Å²) in [6.45, 7) is 6.99. The monoisotopic (exact) mass is 246 g/mol. The van der Waals surface area contributed by atoms with Crippen molar-refractivity contribution in [2.75, 3.05) is 13.1 Å². The van der Waals surface area contributed by atoms with Crippen molar-refractivity contribution in [3.63, 3.8) is 0 Å². The van der Waals surface area contributed by atoms with Crippen LogP contribution in [0.25, 0.3) is 0 Å². The first-order valence-corrected chi connectivity index (χ1v) is 7.27. The highest BCUT2D eigenvalue weighted by Crippen LogP contribution is 2.25. The van der Waals surface area contributed by atoms with E-state index in [4.69, 9.17) is 5.73 Å². The number of likely N-dealkylation sites (tertiary alicyclic amines) is 1. The van der Waals surface area contributed by atoms with Gasteiger partial charge in [0.15, 0.2) is 0 Å². The highest BCUT2D eigenvalue weighted by molar-refractivity contribution is 5.19. The lowest BCUT2D eigenvalue weighted by atomic mass is 9.91. The average molecular weight is 246 g/mol. The summed E-state index contributed by atoms with van der Waals surface area (Å²) >= 11 is 0. The van der Waals surface area contributed by atoms with E-state index < -0.39 is 0 Å². The van der Waals surface area contributed by atoms with Crippen molar-refractivity contribution in [3.05, 3.63) is 35.9 Å². The third-order valence-electron chi connectivity index (χ3n) is 4.51. The van der Waals surface area contributed by atoms with Crippen molar-refractivity contribution in [3.8, 4) is 0 Å². The topological polar surface area (TPSA) is 29.3 Å². The molecule has 18 heavy (non-hydrogen) atoms. The number of nitrogens with zero attached hydrogens (tertiary/aromatic N) is 1. The molecular formula is C16H26N2. The van der Waals surface area contributed by atoms with E-state index in [-0.39, 0.29) is 6.04 Å². The third-order valence-corrected chi connectivity index (χ3v) is 4.51. The molecule has 1 aromatic carbocycles. The Labute approximate surface area is 111 Å². The van der Waals surface area contributed by atoms with E-state index in [1.165, 1.54) is 37.9 Å². The Kier molecular flexibility index (Phi) is 4.79. The average Bonchev–Trinajstić information content (AvgIpc) is 2.47. The van der Waals surface area contributed by atoms with Gasteiger partial charge in [-0.3, -0.25) is 4.90 Å². The fraction of sp³-hybridized carbons (Fsp3) is 0.625.